The topological polar surface area (TPSA) is 84.5 Å². The number of nitrogens with one attached hydrogen (secondary N) is 1. The van der Waals surface area contributed by atoms with Crippen LogP contribution in [-0.4, -0.2) is 29.6 Å². The molecule has 1 aliphatic heterocycles. The van der Waals surface area contributed by atoms with E-state index >= 15 is 0 Å². The number of ketones is 1. The second kappa shape index (κ2) is 8.52. The van der Waals surface area contributed by atoms with Crippen LogP contribution in [0.3, 0.4) is 0 Å². The largest absolute Gasteiger partial charge is 0.387 e. The van der Waals surface area contributed by atoms with E-state index in [0.717, 1.165) is 18.4 Å². The molecule has 164 valence electrons. The first-order valence-electron chi connectivity index (χ1n) is 11.3. The van der Waals surface area contributed by atoms with E-state index < -0.39 is 17.4 Å². The summed E-state index contributed by atoms with van der Waals surface area (Å²) >= 11 is 0. The van der Waals surface area contributed by atoms with Crippen molar-refractivity contribution in [3.05, 3.63) is 35.4 Å². The monoisotopic (exact) mass is 411 g/mol. The lowest BCUT2D eigenvalue weighted by atomic mass is 9.71. The van der Waals surface area contributed by atoms with Crippen molar-refractivity contribution >= 4 is 17.5 Å². The molecule has 0 aromatic heterocycles. The highest BCUT2D eigenvalue weighted by atomic mass is 16.2. The van der Waals surface area contributed by atoms with Gasteiger partial charge in [0.05, 0.1) is 11.8 Å². The molecule has 0 saturated heterocycles. The van der Waals surface area contributed by atoms with Gasteiger partial charge in [-0.1, -0.05) is 64.3 Å². The Labute approximate surface area is 180 Å². The van der Waals surface area contributed by atoms with Gasteiger partial charge in [0, 0.05) is 6.54 Å². The minimum Gasteiger partial charge on any atom is -0.387 e. The molecule has 0 radical (unpaired) electrons. The minimum atomic E-state index is -1.23. The molecule has 1 aliphatic carbocycles. The lowest BCUT2D eigenvalue weighted by Crippen LogP contribution is -2.56. The third-order valence-electron chi connectivity index (χ3n) is 6.92. The van der Waals surface area contributed by atoms with Crippen molar-refractivity contribution in [3.63, 3.8) is 0 Å². The first-order chi connectivity index (χ1) is 14.0. The summed E-state index contributed by atoms with van der Waals surface area (Å²) in [5.41, 5.74) is 6.89. The molecule has 5 heteroatoms. The van der Waals surface area contributed by atoms with Crippen molar-refractivity contribution in [2.75, 3.05) is 6.54 Å². The molecule has 3 rings (SSSR count). The van der Waals surface area contributed by atoms with Crippen molar-refractivity contribution < 1.29 is 9.59 Å². The fourth-order valence-electron chi connectivity index (χ4n) is 4.76. The highest BCUT2D eigenvalue weighted by Crippen LogP contribution is 2.39. The first-order valence-corrected chi connectivity index (χ1v) is 11.3. The van der Waals surface area contributed by atoms with Gasteiger partial charge >= 0.3 is 0 Å². The Morgan fingerprint density at radius 3 is 2.33 bits per heavy atom. The van der Waals surface area contributed by atoms with Gasteiger partial charge in [-0.25, -0.2) is 0 Å². The number of carbonyl (C=O) groups is 2. The zero-order valence-electron chi connectivity index (χ0n) is 19.1. The number of rotatable bonds is 4. The second-order valence-electron chi connectivity index (χ2n) is 10.3. The number of hydrogen-bond acceptors (Lipinski definition) is 4. The summed E-state index contributed by atoms with van der Waals surface area (Å²) in [6.45, 7) is 10.6. The first kappa shape index (κ1) is 22.5. The summed E-state index contributed by atoms with van der Waals surface area (Å²) in [4.78, 5) is 31.2. The smallest absolute Gasteiger partial charge is 0.248 e. The number of Topliss-reactive ketones (excluding diaryl/α,β-unsaturated/α-hetero) is 1. The van der Waals surface area contributed by atoms with Gasteiger partial charge in [0.1, 0.15) is 5.84 Å². The van der Waals surface area contributed by atoms with Crippen LogP contribution >= 0.6 is 0 Å². The van der Waals surface area contributed by atoms with Gasteiger partial charge in [-0.3, -0.25) is 14.6 Å². The molecule has 0 bridgehead atoms. The lowest BCUT2D eigenvalue weighted by molar-refractivity contribution is -0.133. The lowest BCUT2D eigenvalue weighted by Gasteiger charge is -2.38. The summed E-state index contributed by atoms with van der Waals surface area (Å²) in [6.07, 6.45) is 6.03. The number of amides is 1. The quantitative estimate of drug-likeness (QED) is 0.782. The Morgan fingerprint density at radius 1 is 1.17 bits per heavy atom. The average molecular weight is 412 g/mol. The molecule has 1 fully saturated rings. The molecule has 30 heavy (non-hydrogen) atoms. The summed E-state index contributed by atoms with van der Waals surface area (Å²) in [5.74, 6) is -0.618. The molecule has 1 amide bonds. The van der Waals surface area contributed by atoms with Crippen LogP contribution in [0.2, 0.25) is 0 Å². The molecule has 2 aliphatic rings. The molecule has 3 N–H and O–H groups in total. The Morgan fingerprint density at radius 2 is 1.77 bits per heavy atom. The molecule has 1 aromatic carbocycles. The van der Waals surface area contributed by atoms with Crippen LogP contribution in [-0.2, 0) is 15.0 Å². The van der Waals surface area contributed by atoms with Gasteiger partial charge < -0.3 is 11.1 Å². The van der Waals surface area contributed by atoms with Crippen LogP contribution in [0.15, 0.2) is 29.3 Å². The van der Waals surface area contributed by atoms with E-state index in [2.05, 4.69) is 43.2 Å². The molecule has 5 nitrogen and oxygen atoms in total. The highest BCUT2D eigenvalue weighted by Gasteiger charge is 2.51. The van der Waals surface area contributed by atoms with Crippen LogP contribution in [0.5, 0.6) is 0 Å². The standard InChI is InChI=1S/C25H37N3O2/c1-16-21(29)20(18-11-13-19(14-12-18)24(2,3)4)25(5,28-22(16)26)23(30)27-15-17-9-7-6-8-10-17/h11-14,16-17,20H,6-10,15H2,1-5H3,(H2,26,28)(H,27,30)/t16?,20-,25-/m0/s1. The number of nitrogens with two attached hydrogens (primary N) is 1. The van der Waals surface area contributed by atoms with Gasteiger partial charge in [-0.15, -0.1) is 0 Å². The molecule has 1 heterocycles. The van der Waals surface area contributed by atoms with E-state index in [1.165, 1.54) is 24.8 Å². The number of benzene rings is 1. The SMILES string of the molecule is CC1C(=O)[C@H](c2ccc(C(C)(C)C)cc2)[C@@](C)(C(=O)NCC2CCCCC2)N=C1N. The number of hydrogen-bond donors (Lipinski definition) is 2. The van der Waals surface area contributed by atoms with Crippen molar-refractivity contribution in [2.24, 2.45) is 22.6 Å². The third-order valence-corrected chi connectivity index (χ3v) is 6.92. The zero-order valence-corrected chi connectivity index (χ0v) is 19.1. The second-order valence-corrected chi connectivity index (χ2v) is 10.3. The summed E-state index contributed by atoms with van der Waals surface area (Å²) in [6, 6.07) is 8.05. The van der Waals surface area contributed by atoms with Crippen LogP contribution in [0, 0.1) is 11.8 Å². The number of aliphatic imine (C=N–C) groups is 1. The molecule has 1 saturated carbocycles. The number of amidine groups is 1. The molecule has 3 atom stereocenters. The Hall–Kier alpha value is -2.17. The van der Waals surface area contributed by atoms with E-state index in [0.29, 0.717) is 12.5 Å². The minimum absolute atomic E-state index is 0.0195. The summed E-state index contributed by atoms with van der Waals surface area (Å²) < 4.78 is 0. The Balaban J connectivity index is 1.90. The Bertz CT molecular complexity index is 816. The molecular weight excluding hydrogens is 374 g/mol. The van der Waals surface area contributed by atoms with Gasteiger partial charge in [-0.2, -0.15) is 0 Å². The van der Waals surface area contributed by atoms with Crippen molar-refractivity contribution in [2.45, 2.75) is 83.6 Å². The van der Waals surface area contributed by atoms with E-state index in [1.807, 2.05) is 12.1 Å². The third kappa shape index (κ3) is 4.45. The van der Waals surface area contributed by atoms with Crippen molar-refractivity contribution in [3.8, 4) is 0 Å². The fraction of sp³-hybridized carbons (Fsp3) is 0.640. The molecule has 1 unspecified atom stereocenters. The van der Waals surface area contributed by atoms with Gasteiger partial charge in [0.25, 0.3) is 0 Å². The van der Waals surface area contributed by atoms with E-state index in [-0.39, 0.29) is 22.9 Å². The van der Waals surface area contributed by atoms with Crippen LogP contribution in [0.4, 0.5) is 0 Å². The van der Waals surface area contributed by atoms with Crippen LogP contribution in [0.1, 0.15) is 83.8 Å². The number of nitrogens with zero attached hydrogens (tertiary/aromatic N) is 1. The van der Waals surface area contributed by atoms with Gasteiger partial charge in [0.2, 0.25) is 5.91 Å². The molecule has 1 aromatic rings. The van der Waals surface area contributed by atoms with E-state index in [9.17, 15) is 9.59 Å². The maximum Gasteiger partial charge on any atom is 0.248 e. The fourth-order valence-corrected chi connectivity index (χ4v) is 4.76. The van der Waals surface area contributed by atoms with Gasteiger partial charge in [-0.05, 0) is 49.1 Å². The maximum atomic E-state index is 13.3. The molecular formula is C25H37N3O2. The predicted octanol–water partition coefficient (Wildman–Crippen LogP) is 4.10. The van der Waals surface area contributed by atoms with Crippen LogP contribution in [0.25, 0.3) is 0 Å². The summed E-state index contributed by atoms with van der Waals surface area (Å²) in [7, 11) is 0. The molecule has 0 spiro atoms. The van der Waals surface area contributed by atoms with E-state index in [1.54, 1.807) is 13.8 Å². The number of carbonyl (C=O) groups excluding carboxylic acids is 2. The van der Waals surface area contributed by atoms with Gasteiger partial charge in [0.15, 0.2) is 11.3 Å². The predicted molar refractivity (Wildman–Crippen MR) is 122 cm³/mol. The van der Waals surface area contributed by atoms with Crippen LogP contribution < -0.4 is 11.1 Å². The van der Waals surface area contributed by atoms with E-state index in [4.69, 9.17) is 5.73 Å². The maximum absolute atomic E-state index is 13.3. The van der Waals surface area contributed by atoms with Crippen molar-refractivity contribution in [1.29, 1.82) is 0 Å². The van der Waals surface area contributed by atoms with Crippen molar-refractivity contribution in [1.82, 2.24) is 5.32 Å². The average Bonchev–Trinajstić information content (AvgIpc) is 2.71. The zero-order chi connectivity index (χ0) is 22.1. The normalized spacial score (nSPS) is 28.2. The highest BCUT2D eigenvalue weighted by molar-refractivity contribution is 6.12. The Kier molecular flexibility index (Phi) is 6.40. The summed E-state index contributed by atoms with van der Waals surface area (Å²) in [5, 5.41) is 3.10.